The minimum absolute atomic E-state index is 0.152. The fraction of sp³-hybridized carbons (Fsp3) is 0.0556. The summed E-state index contributed by atoms with van der Waals surface area (Å²) in [5, 5.41) is 1.04. The third kappa shape index (κ3) is 2.68. The zero-order valence-electron chi connectivity index (χ0n) is 12.8. The summed E-state index contributed by atoms with van der Waals surface area (Å²) < 4.78 is 9.33. The van der Waals surface area contributed by atoms with E-state index in [2.05, 4.69) is 9.36 Å². The van der Waals surface area contributed by atoms with Crippen molar-refractivity contribution in [1.29, 1.82) is 0 Å². The molecule has 2 aromatic carbocycles. The number of H-pyrrole nitrogens is 1. The highest BCUT2D eigenvalue weighted by Crippen LogP contribution is 2.25. The first-order valence-corrected chi connectivity index (χ1v) is 8.12. The average Bonchev–Trinajstić information content (AvgIpc) is 3.07. The maximum absolute atomic E-state index is 11.2. The molecule has 2 aromatic heterocycles. The van der Waals surface area contributed by atoms with Crippen LogP contribution in [0.3, 0.4) is 0 Å². The molecule has 0 bridgehead atoms. The van der Waals surface area contributed by atoms with Gasteiger partial charge in [0.1, 0.15) is 5.75 Å². The Hall–Kier alpha value is -2.99. The number of ether oxygens (including phenoxy) is 1. The molecule has 5 nitrogen and oxygen atoms in total. The largest absolute Gasteiger partial charge is 0.497 e. The lowest BCUT2D eigenvalue weighted by molar-refractivity contribution is 0.415. The highest BCUT2D eigenvalue weighted by atomic mass is 32.1. The first kappa shape index (κ1) is 14.6. The van der Waals surface area contributed by atoms with Gasteiger partial charge in [0.05, 0.1) is 18.3 Å². The number of nitrogens with one attached hydrogen (secondary N) is 1. The molecule has 0 fully saturated rings. The second-order valence-corrected chi connectivity index (χ2v) is 6.01. The van der Waals surface area contributed by atoms with E-state index in [4.69, 9.17) is 9.72 Å². The average molecular weight is 335 g/mol. The minimum atomic E-state index is -0.152. The van der Waals surface area contributed by atoms with Crippen molar-refractivity contribution in [3.05, 3.63) is 64.3 Å². The third-order valence-electron chi connectivity index (χ3n) is 3.79. The third-order valence-corrected chi connectivity index (χ3v) is 4.33. The van der Waals surface area contributed by atoms with Gasteiger partial charge in [0.2, 0.25) is 0 Å². The SMILES string of the molecule is COc1ccc2nc(-c3ccc(-c4nsc(=O)[nH]4)cc3)ccc2c1. The Bertz CT molecular complexity index is 1070. The zero-order chi connectivity index (χ0) is 16.5. The molecule has 0 aliphatic rings. The van der Waals surface area contributed by atoms with Crippen LogP contribution in [0, 0.1) is 0 Å². The van der Waals surface area contributed by atoms with Gasteiger partial charge in [-0.3, -0.25) is 9.78 Å². The summed E-state index contributed by atoms with van der Waals surface area (Å²) in [6.07, 6.45) is 0. The second kappa shape index (κ2) is 5.90. The fourth-order valence-electron chi connectivity index (χ4n) is 2.54. The quantitative estimate of drug-likeness (QED) is 0.619. The summed E-state index contributed by atoms with van der Waals surface area (Å²) in [4.78, 5) is 18.5. The standard InChI is InChI=1S/C18H13N3O2S/c1-23-14-7-9-16-13(10-14)6-8-15(19-16)11-2-4-12(5-3-11)17-20-18(22)24-21-17/h2-10H,1H3,(H,20,21,22). The number of benzene rings is 2. The molecule has 4 aromatic rings. The number of nitrogens with zero attached hydrogens (tertiary/aromatic N) is 2. The monoisotopic (exact) mass is 335 g/mol. The van der Waals surface area contributed by atoms with Crippen LogP contribution in [-0.4, -0.2) is 21.5 Å². The van der Waals surface area contributed by atoms with Gasteiger partial charge >= 0.3 is 4.87 Å². The van der Waals surface area contributed by atoms with Crippen LogP contribution >= 0.6 is 11.5 Å². The molecule has 0 unspecified atom stereocenters. The Morgan fingerprint density at radius 1 is 1.00 bits per heavy atom. The molecule has 4 rings (SSSR count). The molecule has 0 saturated carbocycles. The molecule has 1 N–H and O–H groups in total. The molecule has 0 aliphatic heterocycles. The summed E-state index contributed by atoms with van der Waals surface area (Å²) >= 11 is 0.920. The molecule has 0 spiro atoms. The van der Waals surface area contributed by atoms with E-state index in [1.54, 1.807) is 7.11 Å². The molecule has 24 heavy (non-hydrogen) atoms. The molecular formula is C18H13N3O2S. The van der Waals surface area contributed by atoms with E-state index in [1.807, 2.05) is 54.6 Å². The fourth-order valence-corrected chi connectivity index (χ4v) is 3.01. The number of pyridine rings is 1. The van der Waals surface area contributed by atoms with Crippen LogP contribution < -0.4 is 9.61 Å². The predicted octanol–water partition coefficient (Wildman–Crippen LogP) is 3.72. The van der Waals surface area contributed by atoms with E-state index in [0.717, 1.165) is 45.0 Å². The lowest BCUT2D eigenvalue weighted by atomic mass is 10.1. The number of methoxy groups -OCH3 is 1. The number of aromatic nitrogens is 3. The van der Waals surface area contributed by atoms with Gasteiger partial charge in [-0.25, -0.2) is 4.98 Å². The number of fused-ring (bicyclic) bond motifs is 1. The molecule has 0 radical (unpaired) electrons. The van der Waals surface area contributed by atoms with Crippen molar-refractivity contribution >= 4 is 22.4 Å². The molecular weight excluding hydrogens is 322 g/mol. The van der Waals surface area contributed by atoms with Crippen LogP contribution in [0.2, 0.25) is 0 Å². The van der Waals surface area contributed by atoms with Gasteiger partial charge in [-0.15, -0.1) is 0 Å². The van der Waals surface area contributed by atoms with Crippen LogP contribution in [-0.2, 0) is 0 Å². The first-order valence-electron chi connectivity index (χ1n) is 7.34. The molecule has 0 atom stereocenters. The molecule has 118 valence electrons. The molecule has 0 aliphatic carbocycles. The van der Waals surface area contributed by atoms with Gasteiger partial charge in [0, 0.05) is 28.0 Å². The number of hydrogen-bond donors (Lipinski definition) is 1. The predicted molar refractivity (Wildman–Crippen MR) is 95.5 cm³/mol. The maximum atomic E-state index is 11.2. The molecule has 2 heterocycles. The van der Waals surface area contributed by atoms with E-state index in [1.165, 1.54) is 0 Å². The van der Waals surface area contributed by atoms with Crippen LogP contribution in [0.1, 0.15) is 0 Å². The van der Waals surface area contributed by atoms with E-state index in [-0.39, 0.29) is 4.87 Å². The summed E-state index contributed by atoms with van der Waals surface area (Å²) in [7, 11) is 1.65. The number of rotatable bonds is 3. The van der Waals surface area contributed by atoms with Crippen molar-refractivity contribution in [2.45, 2.75) is 0 Å². The second-order valence-electron chi connectivity index (χ2n) is 5.28. The van der Waals surface area contributed by atoms with E-state index < -0.39 is 0 Å². The summed E-state index contributed by atoms with van der Waals surface area (Å²) in [5.74, 6) is 1.41. The Balaban J connectivity index is 1.70. The van der Waals surface area contributed by atoms with E-state index in [0.29, 0.717) is 5.82 Å². The highest BCUT2D eigenvalue weighted by Gasteiger charge is 2.06. The topological polar surface area (TPSA) is 67.9 Å². The smallest absolute Gasteiger partial charge is 0.323 e. The molecule has 6 heteroatoms. The van der Waals surface area contributed by atoms with Crippen molar-refractivity contribution in [3.8, 4) is 28.4 Å². The number of hydrogen-bond acceptors (Lipinski definition) is 5. The van der Waals surface area contributed by atoms with Crippen molar-refractivity contribution in [2.24, 2.45) is 0 Å². The summed E-state index contributed by atoms with van der Waals surface area (Å²) in [6.45, 7) is 0. The van der Waals surface area contributed by atoms with E-state index in [9.17, 15) is 4.79 Å². The Morgan fingerprint density at radius 2 is 1.79 bits per heavy atom. The van der Waals surface area contributed by atoms with Crippen molar-refractivity contribution in [2.75, 3.05) is 7.11 Å². The van der Waals surface area contributed by atoms with Gasteiger partial charge in [-0.05, 0) is 24.3 Å². The summed E-state index contributed by atoms with van der Waals surface area (Å²) in [6, 6.07) is 17.7. The highest BCUT2D eigenvalue weighted by molar-refractivity contribution is 7.03. The van der Waals surface area contributed by atoms with E-state index >= 15 is 0 Å². The van der Waals surface area contributed by atoms with Crippen molar-refractivity contribution < 1.29 is 4.74 Å². The summed E-state index contributed by atoms with van der Waals surface area (Å²) in [5.41, 5.74) is 3.70. The molecule has 0 amide bonds. The lowest BCUT2D eigenvalue weighted by Crippen LogP contribution is -1.92. The Kier molecular flexibility index (Phi) is 3.59. The zero-order valence-corrected chi connectivity index (χ0v) is 13.6. The van der Waals surface area contributed by atoms with Crippen LogP contribution in [0.25, 0.3) is 33.5 Å². The van der Waals surface area contributed by atoms with Gasteiger partial charge in [0.25, 0.3) is 0 Å². The first-order chi connectivity index (χ1) is 11.7. The maximum Gasteiger partial charge on any atom is 0.323 e. The Labute approximate surface area is 141 Å². The van der Waals surface area contributed by atoms with Crippen LogP contribution in [0.15, 0.2) is 59.4 Å². The lowest BCUT2D eigenvalue weighted by Gasteiger charge is -2.06. The minimum Gasteiger partial charge on any atom is -0.497 e. The van der Waals surface area contributed by atoms with Crippen LogP contribution in [0.4, 0.5) is 0 Å². The van der Waals surface area contributed by atoms with Gasteiger partial charge < -0.3 is 4.74 Å². The van der Waals surface area contributed by atoms with Crippen molar-refractivity contribution in [3.63, 3.8) is 0 Å². The Morgan fingerprint density at radius 3 is 2.50 bits per heavy atom. The van der Waals surface area contributed by atoms with Gasteiger partial charge in [-0.1, -0.05) is 30.3 Å². The molecule has 0 saturated heterocycles. The van der Waals surface area contributed by atoms with Gasteiger partial charge in [-0.2, -0.15) is 4.37 Å². The number of aromatic amines is 1. The van der Waals surface area contributed by atoms with Gasteiger partial charge in [0.15, 0.2) is 5.82 Å². The normalized spacial score (nSPS) is 10.9. The van der Waals surface area contributed by atoms with Crippen molar-refractivity contribution in [1.82, 2.24) is 14.3 Å². The van der Waals surface area contributed by atoms with Crippen LogP contribution in [0.5, 0.6) is 5.75 Å².